The first-order valence-electron chi connectivity index (χ1n) is 3.51. The zero-order valence-electron chi connectivity index (χ0n) is 7.33. The Morgan fingerprint density at radius 3 is 3.25 bits per heavy atom. The Morgan fingerprint density at radius 1 is 2.00 bits per heavy atom. The fourth-order valence-corrected chi connectivity index (χ4v) is 0.342. The predicted molar refractivity (Wildman–Crippen MR) is 27.6 cm³/mol. The van der Waals surface area contributed by atoms with Gasteiger partial charge in [0.1, 0.15) is 0 Å². The van der Waals surface area contributed by atoms with E-state index < -0.39 is 6.98 Å². The third-order valence-corrected chi connectivity index (χ3v) is 0.682. The molecule has 44 valence electrons. The van der Waals surface area contributed by atoms with Crippen LogP contribution in [0.5, 0.6) is 5.88 Å². The molecule has 0 bridgehead atoms. The average molecular weight is 116 g/mol. The van der Waals surface area contributed by atoms with Crippen LogP contribution >= 0.6 is 0 Å². The van der Waals surface area contributed by atoms with E-state index in [1.165, 1.54) is 13.3 Å². The van der Waals surface area contributed by atoms with Crippen LogP contribution < -0.4 is 4.74 Å². The van der Waals surface area contributed by atoms with E-state index in [0.29, 0.717) is 0 Å². The molecule has 0 aliphatic heterocycles. The second kappa shape index (κ2) is 1.81. The standard InChI is InChI=1S/C4H7N3O/c1-7-3-4(8-2)5-6-7/h3H,1-2H3/i1D3. The monoisotopic (exact) mass is 116 g/mol. The molecule has 0 fully saturated rings. The van der Waals surface area contributed by atoms with Gasteiger partial charge in [0.25, 0.3) is 5.88 Å². The van der Waals surface area contributed by atoms with E-state index >= 15 is 0 Å². The number of aryl methyl sites for hydroxylation is 1. The molecular formula is C4H7N3O. The molecule has 0 saturated heterocycles. The van der Waals surface area contributed by atoms with Crippen molar-refractivity contribution in [2.75, 3.05) is 7.11 Å². The minimum atomic E-state index is -2.27. The van der Waals surface area contributed by atoms with Gasteiger partial charge >= 0.3 is 0 Å². The third-order valence-electron chi connectivity index (χ3n) is 0.682. The highest BCUT2D eigenvalue weighted by molar-refractivity contribution is 4.97. The molecule has 1 aromatic heterocycles. The largest absolute Gasteiger partial charge is 0.479 e. The molecule has 0 spiro atoms. The van der Waals surface area contributed by atoms with Gasteiger partial charge < -0.3 is 4.74 Å². The summed E-state index contributed by atoms with van der Waals surface area (Å²) in [7, 11) is 1.40. The molecule has 1 heterocycles. The fourth-order valence-electron chi connectivity index (χ4n) is 0.342. The molecule has 0 aliphatic rings. The van der Waals surface area contributed by atoms with Crippen LogP contribution in [-0.4, -0.2) is 22.1 Å². The van der Waals surface area contributed by atoms with E-state index in [0.717, 1.165) is 4.68 Å². The lowest BCUT2D eigenvalue weighted by Gasteiger charge is -1.84. The SMILES string of the molecule is [2H]C([2H])([2H])n1cc(OC)nn1. The number of methoxy groups -OCH3 is 1. The summed E-state index contributed by atoms with van der Waals surface area (Å²) in [5, 5.41) is 6.77. The van der Waals surface area contributed by atoms with Crippen molar-refractivity contribution in [1.82, 2.24) is 15.0 Å². The summed E-state index contributed by atoms with van der Waals surface area (Å²) in [5.41, 5.74) is 0. The molecule has 0 amide bonds. The fraction of sp³-hybridized carbons (Fsp3) is 0.500. The summed E-state index contributed by atoms with van der Waals surface area (Å²) in [4.78, 5) is 0. The van der Waals surface area contributed by atoms with Crippen LogP contribution in [0, 0.1) is 0 Å². The zero-order valence-corrected chi connectivity index (χ0v) is 4.33. The van der Waals surface area contributed by atoms with Gasteiger partial charge in [-0.15, -0.1) is 0 Å². The average Bonchev–Trinajstić information content (AvgIpc) is 2.32. The lowest BCUT2D eigenvalue weighted by molar-refractivity contribution is 0.397. The molecule has 0 atom stereocenters. The van der Waals surface area contributed by atoms with E-state index in [-0.39, 0.29) is 5.88 Å². The molecule has 0 N–H and O–H groups in total. The summed E-state index contributed by atoms with van der Waals surface area (Å²) >= 11 is 0. The van der Waals surface area contributed by atoms with Crippen LogP contribution in [0.25, 0.3) is 0 Å². The van der Waals surface area contributed by atoms with E-state index in [9.17, 15) is 0 Å². The maximum Gasteiger partial charge on any atom is 0.253 e. The van der Waals surface area contributed by atoms with Gasteiger partial charge in [-0.2, -0.15) is 0 Å². The van der Waals surface area contributed by atoms with E-state index in [1.807, 2.05) is 0 Å². The van der Waals surface area contributed by atoms with Crippen LogP contribution in [0.3, 0.4) is 0 Å². The van der Waals surface area contributed by atoms with Gasteiger partial charge in [0, 0.05) is 11.1 Å². The first-order chi connectivity index (χ1) is 5.04. The summed E-state index contributed by atoms with van der Waals surface area (Å²) in [6.07, 6.45) is 1.22. The molecule has 0 aromatic carbocycles. The Labute approximate surface area is 51.3 Å². The van der Waals surface area contributed by atoms with E-state index in [2.05, 4.69) is 15.0 Å². The first kappa shape index (κ1) is 2.48. The molecule has 0 saturated carbocycles. The molecule has 4 nitrogen and oxygen atoms in total. The van der Waals surface area contributed by atoms with Crippen molar-refractivity contribution in [3.8, 4) is 5.88 Å². The predicted octanol–water partition coefficient (Wildman–Crippen LogP) is -0.176. The van der Waals surface area contributed by atoms with Gasteiger partial charge in [0.2, 0.25) is 0 Å². The van der Waals surface area contributed by atoms with Crippen molar-refractivity contribution in [2.24, 2.45) is 6.98 Å². The number of aromatic nitrogens is 3. The summed E-state index contributed by atoms with van der Waals surface area (Å²) < 4.78 is 26.1. The molecule has 8 heavy (non-hydrogen) atoms. The molecule has 4 heteroatoms. The Balaban J connectivity index is 2.89. The minimum Gasteiger partial charge on any atom is -0.479 e. The Kier molecular flexibility index (Phi) is 0.562. The normalized spacial score (nSPS) is 16.4. The number of nitrogens with zero attached hydrogens (tertiary/aromatic N) is 3. The summed E-state index contributed by atoms with van der Waals surface area (Å²) in [6, 6.07) is 0. The van der Waals surface area contributed by atoms with Gasteiger partial charge in [-0.1, -0.05) is 10.3 Å². The molecule has 0 unspecified atom stereocenters. The van der Waals surface area contributed by atoms with Crippen molar-refractivity contribution < 1.29 is 8.85 Å². The maximum absolute atomic E-state index is 6.90. The number of rotatable bonds is 1. The smallest absolute Gasteiger partial charge is 0.253 e. The van der Waals surface area contributed by atoms with Crippen molar-refractivity contribution in [2.45, 2.75) is 0 Å². The Morgan fingerprint density at radius 2 is 2.88 bits per heavy atom. The van der Waals surface area contributed by atoms with E-state index in [1.54, 1.807) is 0 Å². The summed E-state index contributed by atoms with van der Waals surface area (Å²) in [6.45, 7) is -2.27. The lowest BCUT2D eigenvalue weighted by Crippen LogP contribution is -1.85. The summed E-state index contributed by atoms with van der Waals surface area (Å²) in [5.74, 6) is 0.195. The van der Waals surface area contributed by atoms with Gasteiger partial charge in [-0.3, -0.25) is 4.68 Å². The Bertz CT molecular complexity index is 243. The van der Waals surface area contributed by atoms with Gasteiger partial charge in [0.15, 0.2) is 0 Å². The number of ether oxygens (including phenoxy) is 1. The van der Waals surface area contributed by atoms with Crippen LogP contribution in [-0.2, 0) is 6.98 Å². The molecular weight excluding hydrogens is 106 g/mol. The highest BCUT2D eigenvalue weighted by Crippen LogP contribution is 1.97. The highest BCUT2D eigenvalue weighted by Gasteiger charge is 1.91. The molecule has 1 aromatic rings. The topological polar surface area (TPSA) is 39.9 Å². The lowest BCUT2D eigenvalue weighted by atomic mass is 10.8. The van der Waals surface area contributed by atoms with Gasteiger partial charge in [0.05, 0.1) is 13.3 Å². The first-order valence-corrected chi connectivity index (χ1v) is 2.01. The molecule has 1 rings (SSSR count). The minimum absolute atomic E-state index is 0.195. The van der Waals surface area contributed by atoms with Gasteiger partial charge in [-0.25, -0.2) is 0 Å². The number of hydrogen-bond acceptors (Lipinski definition) is 3. The second-order valence-electron chi connectivity index (χ2n) is 1.21. The van der Waals surface area contributed by atoms with Crippen molar-refractivity contribution >= 4 is 0 Å². The third kappa shape index (κ3) is 0.776. The highest BCUT2D eigenvalue weighted by atomic mass is 16.5. The molecule has 0 radical (unpaired) electrons. The van der Waals surface area contributed by atoms with Crippen LogP contribution in [0.15, 0.2) is 6.20 Å². The maximum atomic E-state index is 6.90. The van der Waals surface area contributed by atoms with Crippen molar-refractivity contribution in [3.05, 3.63) is 6.20 Å². The van der Waals surface area contributed by atoms with Crippen molar-refractivity contribution in [1.29, 1.82) is 0 Å². The van der Waals surface area contributed by atoms with E-state index in [4.69, 9.17) is 4.11 Å². The quantitative estimate of drug-likeness (QED) is 0.511. The van der Waals surface area contributed by atoms with Crippen LogP contribution in [0.2, 0.25) is 0 Å². The number of hydrogen-bond donors (Lipinski definition) is 0. The zero-order chi connectivity index (χ0) is 8.48. The van der Waals surface area contributed by atoms with Crippen LogP contribution in [0.1, 0.15) is 4.11 Å². The van der Waals surface area contributed by atoms with Gasteiger partial charge in [-0.05, 0) is 0 Å². The Hall–Kier alpha value is -1.06. The second-order valence-corrected chi connectivity index (χ2v) is 1.21. The molecule has 0 aliphatic carbocycles. The van der Waals surface area contributed by atoms with Crippen molar-refractivity contribution in [3.63, 3.8) is 0 Å². The van der Waals surface area contributed by atoms with Crippen LogP contribution in [0.4, 0.5) is 0 Å².